The van der Waals surface area contributed by atoms with E-state index in [-0.39, 0.29) is 18.3 Å². The molecule has 0 saturated carbocycles. The minimum Gasteiger partial charge on any atom is -0.494 e. The number of rotatable bonds is 7. The number of ether oxygens (including phenoxy) is 1. The molecule has 150 valence electrons. The lowest BCUT2D eigenvalue weighted by Crippen LogP contribution is -2.36. The molecule has 0 bridgehead atoms. The molecule has 0 aliphatic heterocycles. The van der Waals surface area contributed by atoms with Crippen molar-refractivity contribution in [1.82, 2.24) is 9.88 Å². The monoisotopic (exact) mass is 483 g/mol. The number of anilines is 1. The normalized spacial score (nSPS) is 10.8. The average Bonchev–Trinajstić information content (AvgIpc) is 3.05. The zero-order chi connectivity index (χ0) is 19.4. The molecule has 8 heteroatoms. The minimum atomic E-state index is -0.0617. The van der Waals surface area contributed by atoms with E-state index in [0.717, 1.165) is 27.0 Å². The van der Waals surface area contributed by atoms with E-state index in [2.05, 4.69) is 20.8 Å². The molecule has 0 radical (unpaired) electrons. The Labute approximate surface area is 183 Å². The molecule has 1 aromatic heterocycles. The van der Waals surface area contributed by atoms with Gasteiger partial charge in [-0.15, -0.1) is 12.4 Å². The highest BCUT2D eigenvalue weighted by Gasteiger charge is 2.23. The summed E-state index contributed by atoms with van der Waals surface area (Å²) in [4.78, 5) is 21.8. The van der Waals surface area contributed by atoms with Crippen LogP contribution in [-0.2, 0) is 0 Å². The smallest absolute Gasteiger partial charge is 0.261 e. The quantitative estimate of drug-likeness (QED) is 0.469. The number of amides is 1. The molecule has 0 saturated heterocycles. The maximum atomic E-state index is 13.2. The number of benzene rings is 2. The molecule has 0 spiro atoms. The summed E-state index contributed by atoms with van der Waals surface area (Å²) in [5.41, 5.74) is 1.50. The maximum Gasteiger partial charge on any atom is 0.261 e. The van der Waals surface area contributed by atoms with Crippen molar-refractivity contribution in [2.45, 2.75) is 6.92 Å². The van der Waals surface area contributed by atoms with Gasteiger partial charge in [-0.05, 0) is 67.3 Å². The first-order chi connectivity index (χ1) is 13.0. The predicted molar refractivity (Wildman–Crippen MR) is 122 cm³/mol. The minimum absolute atomic E-state index is 0. The van der Waals surface area contributed by atoms with Gasteiger partial charge in [-0.2, -0.15) is 0 Å². The van der Waals surface area contributed by atoms with Crippen LogP contribution >= 0.6 is 39.7 Å². The second-order valence-electron chi connectivity index (χ2n) is 6.30. The first-order valence-electron chi connectivity index (χ1n) is 8.74. The number of hydrogen-bond donors (Lipinski definition) is 0. The Bertz CT molecular complexity index is 948. The van der Waals surface area contributed by atoms with E-state index in [1.165, 1.54) is 11.3 Å². The number of carbonyl (C=O) groups is 1. The summed E-state index contributed by atoms with van der Waals surface area (Å²) in [6.07, 6.45) is 0. The van der Waals surface area contributed by atoms with E-state index in [1.807, 2.05) is 63.5 Å². The van der Waals surface area contributed by atoms with Gasteiger partial charge in [-0.1, -0.05) is 23.5 Å². The zero-order valence-corrected chi connectivity index (χ0v) is 19.2. The molecule has 0 aliphatic carbocycles. The third kappa shape index (κ3) is 5.23. The van der Waals surface area contributed by atoms with Gasteiger partial charge in [0, 0.05) is 17.6 Å². The lowest BCUT2D eigenvalue weighted by molar-refractivity contribution is 0.0984. The van der Waals surface area contributed by atoms with Crippen LogP contribution in [0, 0.1) is 0 Å². The zero-order valence-electron chi connectivity index (χ0n) is 16.0. The van der Waals surface area contributed by atoms with Crippen LogP contribution in [0.4, 0.5) is 5.13 Å². The topological polar surface area (TPSA) is 45.7 Å². The highest BCUT2D eigenvalue weighted by Crippen LogP contribution is 2.32. The van der Waals surface area contributed by atoms with Crippen molar-refractivity contribution < 1.29 is 9.53 Å². The largest absolute Gasteiger partial charge is 0.494 e. The Morgan fingerprint density at radius 3 is 2.61 bits per heavy atom. The number of aromatic nitrogens is 1. The molecule has 28 heavy (non-hydrogen) atoms. The number of carbonyl (C=O) groups excluding carboxylic acids is 1. The maximum absolute atomic E-state index is 13.2. The third-order valence-corrected chi connectivity index (χ3v) is 5.74. The van der Waals surface area contributed by atoms with Crippen LogP contribution in [0.2, 0.25) is 0 Å². The van der Waals surface area contributed by atoms with Gasteiger partial charge in [0.25, 0.3) is 5.91 Å². The second kappa shape index (κ2) is 10.2. The van der Waals surface area contributed by atoms with Gasteiger partial charge >= 0.3 is 0 Å². The van der Waals surface area contributed by atoms with Crippen molar-refractivity contribution in [3.8, 4) is 5.75 Å². The molecule has 0 unspecified atom stereocenters. The van der Waals surface area contributed by atoms with Crippen LogP contribution in [0.1, 0.15) is 17.3 Å². The molecule has 1 amide bonds. The van der Waals surface area contributed by atoms with Crippen LogP contribution in [0.3, 0.4) is 0 Å². The van der Waals surface area contributed by atoms with E-state index in [9.17, 15) is 4.79 Å². The summed E-state index contributed by atoms with van der Waals surface area (Å²) >= 11 is 4.99. The fourth-order valence-electron chi connectivity index (χ4n) is 2.63. The van der Waals surface area contributed by atoms with Crippen molar-refractivity contribution >= 4 is 60.9 Å². The number of likely N-dealkylation sites (N-methyl/N-ethyl adjacent to an activating group) is 1. The first kappa shape index (κ1) is 22.6. The molecule has 2 aromatic carbocycles. The van der Waals surface area contributed by atoms with Crippen molar-refractivity contribution in [3.63, 3.8) is 0 Å². The van der Waals surface area contributed by atoms with Gasteiger partial charge in [0.05, 0.1) is 22.4 Å². The van der Waals surface area contributed by atoms with Gasteiger partial charge in [0.2, 0.25) is 0 Å². The third-order valence-electron chi connectivity index (χ3n) is 4.01. The molecule has 0 atom stereocenters. The molecule has 3 rings (SSSR count). The molecule has 0 N–H and O–H groups in total. The van der Waals surface area contributed by atoms with E-state index < -0.39 is 0 Å². The molecular formula is C20H23BrClN3O2S. The number of nitrogens with zero attached hydrogens (tertiary/aromatic N) is 3. The number of hydrogen-bond acceptors (Lipinski definition) is 5. The van der Waals surface area contributed by atoms with Crippen LogP contribution in [0.5, 0.6) is 5.75 Å². The standard InChI is InChI=1S/C20H22BrN3O2S.ClH/c1-4-26-14-9-10-17-18(13-14)27-20(22-17)24(12-11-23(2)3)19(25)15-7-5-6-8-16(15)21;/h5-10,13H,4,11-12H2,1-3H3;1H. The summed E-state index contributed by atoms with van der Waals surface area (Å²) in [6, 6.07) is 13.3. The highest BCUT2D eigenvalue weighted by atomic mass is 79.9. The number of halogens is 2. The fraction of sp³-hybridized carbons (Fsp3) is 0.300. The first-order valence-corrected chi connectivity index (χ1v) is 10.3. The summed E-state index contributed by atoms with van der Waals surface area (Å²) < 4.78 is 7.37. The molecule has 3 aromatic rings. The average molecular weight is 485 g/mol. The van der Waals surface area contributed by atoms with Crippen LogP contribution in [0.15, 0.2) is 46.9 Å². The van der Waals surface area contributed by atoms with Crippen molar-refractivity contribution in [3.05, 3.63) is 52.5 Å². The summed E-state index contributed by atoms with van der Waals surface area (Å²) in [7, 11) is 3.99. The predicted octanol–water partition coefficient (Wildman–Crippen LogP) is 5.09. The van der Waals surface area contributed by atoms with Crippen LogP contribution in [-0.4, -0.2) is 49.6 Å². The molecule has 1 heterocycles. The summed E-state index contributed by atoms with van der Waals surface area (Å²) in [5.74, 6) is 0.755. The number of thiazole rings is 1. The molecule has 0 aliphatic rings. The lowest BCUT2D eigenvalue weighted by Gasteiger charge is -2.22. The van der Waals surface area contributed by atoms with Crippen molar-refractivity contribution in [1.29, 1.82) is 0 Å². The van der Waals surface area contributed by atoms with E-state index >= 15 is 0 Å². The van der Waals surface area contributed by atoms with Gasteiger partial charge in [-0.25, -0.2) is 4.98 Å². The fourth-order valence-corrected chi connectivity index (χ4v) is 4.10. The molecular weight excluding hydrogens is 462 g/mol. The Morgan fingerprint density at radius 1 is 1.18 bits per heavy atom. The summed E-state index contributed by atoms with van der Waals surface area (Å²) in [5, 5.41) is 0.696. The summed E-state index contributed by atoms with van der Waals surface area (Å²) in [6.45, 7) is 3.88. The van der Waals surface area contributed by atoms with Crippen molar-refractivity contribution in [2.75, 3.05) is 38.7 Å². The lowest BCUT2D eigenvalue weighted by atomic mass is 10.2. The Morgan fingerprint density at radius 2 is 1.93 bits per heavy atom. The molecule has 0 fully saturated rings. The van der Waals surface area contributed by atoms with Gasteiger partial charge in [-0.3, -0.25) is 9.69 Å². The van der Waals surface area contributed by atoms with E-state index in [4.69, 9.17) is 9.72 Å². The highest BCUT2D eigenvalue weighted by molar-refractivity contribution is 9.10. The SMILES string of the molecule is CCOc1ccc2nc(N(CCN(C)C)C(=O)c3ccccc3Br)sc2c1.Cl. The van der Waals surface area contributed by atoms with E-state index in [0.29, 0.717) is 23.8 Å². The Kier molecular flexibility index (Phi) is 8.24. The van der Waals surface area contributed by atoms with Gasteiger partial charge < -0.3 is 9.64 Å². The van der Waals surface area contributed by atoms with E-state index in [1.54, 1.807) is 4.90 Å². The van der Waals surface area contributed by atoms with Crippen molar-refractivity contribution in [2.24, 2.45) is 0 Å². The Balaban J connectivity index is 0.00000280. The van der Waals surface area contributed by atoms with Gasteiger partial charge in [0.1, 0.15) is 5.75 Å². The van der Waals surface area contributed by atoms with Crippen LogP contribution in [0.25, 0.3) is 10.2 Å². The Hall–Kier alpha value is -1.67. The molecule has 5 nitrogen and oxygen atoms in total. The van der Waals surface area contributed by atoms with Crippen LogP contribution < -0.4 is 9.64 Å². The second-order valence-corrected chi connectivity index (χ2v) is 8.16. The van der Waals surface area contributed by atoms with Gasteiger partial charge in [0.15, 0.2) is 5.13 Å². The number of fused-ring (bicyclic) bond motifs is 1.